The molecule has 0 bridgehead atoms. The third-order valence-corrected chi connectivity index (χ3v) is 8.36. The number of halogens is 1. The topological polar surface area (TPSA) is 106 Å². The van der Waals surface area contributed by atoms with Gasteiger partial charge in [0.05, 0.1) is 27.6 Å². The van der Waals surface area contributed by atoms with Gasteiger partial charge in [-0.25, -0.2) is 15.0 Å². The zero-order chi connectivity index (χ0) is 29.3. The van der Waals surface area contributed by atoms with Crippen LogP contribution in [0.25, 0.3) is 44.8 Å². The second-order valence-corrected chi connectivity index (χ2v) is 11.3. The maximum Gasteiger partial charge on any atom is 0.257 e. The molecule has 0 unspecified atom stereocenters. The predicted molar refractivity (Wildman–Crippen MR) is 171 cm³/mol. The van der Waals surface area contributed by atoms with E-state index in [-0.39, 0.29) is 5.91 Å². The summed E-state index contributed by atoms with van der Waals surface area (Å²) in [7, 11) is 2.17. The van der Waals surface area contributed by atoms with Gasteiger partial charge in [-0.05, 0) is 73.1 Å². The fourth-order valence-corrected chi connectivity index (χ4v) is 5.76. The van der Waals surface area contributed by atoms with Crippen LogP contribution in [0.5, 0.6) is 0 Å². The number of pyridine rings is 1. The fourth-order valence-electron chi connectivity index (χ4n) is 5.54. The first-order valence-corrected chi connectivity index (χ1v) is 14.8. The molecule has 4 heterocycles. The molecule has 1 amide bonds. The summed E-state index contributed by atoms with van der Waals surface area (Å²) in [5.41, 5.74) is 7.30. The summed E-state index contributed by atoms with van der Waals surface area (Å²) in [4.78, 5) is 38.5. The van der Waals surface area contributed by atoms with Crippen molar-refractivity contribution in [2.45, 2.75) is 6.42 Å². The van der Waals surface area contributed by atoms with Gasteiger partial charge in [-0.15, -0.1) is 0 Å². The van der Waals surface area contributed by atoms with E-state index in [4.69, 9.17) is 21.6 Å². The lowest BCUT2D eigenvalue weighted by Gasteiger charge is -2.32. The Morgan fingerprint density at radius 2 is 1.70 bits per heavy atom. The summed E-state index contributed by atoms with van der Waals surface area (Å²) in [6.45, 7) is 5.53. The number of carbonyl (C=O) groups excluding carboxylic acids is 1. The van der Waals surface area contributed by atoms with Crippen molar-refractivity contribution < 1.29 is 4.79 Å². The molecule has 6 aromatic rings. The summed E-state index contributed by atoms with van der Waals surface area (Å²) in [6.07, 6.45) is 2.66. The molecule has 0 spiro atoms. The molecule has 216 valence electrons. The molecule has 9 nitrogen and oxygen atoms in total. The molecule has 3 aromatic heterocycles. The van der Waals surface area contributed by atoms with Crippen molar-refractivity contribution in [3.63, 3.8) is 0 Å². The zero-order valence-corrected chi connectivity index (χ0v) is 24.5. The van der Waals surface area contributed by atoms with Crippen LogP contribution in [0.3, 0.4) is 0 Å². The Labute approximate surface area is 253 Å². The monoisotopic (exact) mass is 590 g/mol. The van der Waals surface area contributed by atoms with Crippen molar-refractivity contribution in [1.29, 1.82) is 0 Å². The van der Waals surface area contributed by atoms with E-state index in [0.29, 0.717) is 33.4 Å². The number of benzene rings is 3. The third kappa shape index (κ3) is 5.75. The van der Waals surface area contributed by atoms with Crippen molar-refractivity contribution >= 4 is 45.3 Å². The maximum atomic E-state index is 13.3. The molecule has 3 N–H and O–H groups in total. The lowest BCUT2D eigenvalue weighted by atomic mass is 10.1. The molecule has 0 atom stereocenters. The molecule has 1 saturated heterocycles. The Bertz CT molecular complexity index is 1920. The number of anilines is 1. The molecule has 1 aliphatic heterocycles. The van der Waals surface area contributed by atoms with Crippen LogP contribution in [-0.4, -0.2) is 80.4 Å². The van der Waals surface area contributed by atoms with Crippen LogP contribution >= 0.6 is 11.6 Å². The molecule has 7 rings (SSSR count). The van der Waals surface area contributed by atoms with Gasteiger partial charge in [0, 0.05) is 50.2 Å². The number of amides is 1. The van der Waals surface area contributed by atoms with E-state index in [2.05, 4.69) is 49.2 Å². The average molecular weight is 591 g/mol. The molecule has 43 heavy (non-hydrogen) atoms. The summed E-state index contributed by atoms with van der Waals surface area (Å²) < 4.78 is 0. The molecule has 0 radical (unpaired) electrons. The molecule has 3 aromatic carbocycles. The Kier molecular flexibility index (Phi) is 7.36. The minimum atomic E-state index is -0.200. The number of nitrogens with one attached hydrogen (secondary N) is 3. The molecular weight excluding hydrogens is 560 g/mol. The molecule has 10 heteroatoms. The largest absolute Gasteiger partial charge is 0.335 e. The predicted octanol–water partition coefficient (Wildman–Crippen LogP) is 5.86. The number of carbonyl (C=O) groups is 1. The number of para-hydroxylation sites is 1. The van der Waals surface area contributed by atoms with Gasteiger partial charge in [0.1, 0.15) is 5.15 Å². The lowest BCUT2D eigenvalue weighted by Crippen LogP contribution is -2.45. The summed E-state index contributed by atoms with van der Waals surface area (Å²) in [5, 5.41) is 3.49. The highest BCUT2D eigenvalue weighted by Gasteiger charge is 2.17. The van der Waals surface area contributed by atoms with Crippen LogP contribution < -0.4 is 5.32 Å². The number of piperazine rings is 1. The molecular formula is C33H31ClN8O. The molecule has 0 aliphatic carbocycles. The number of aromatic nitrogens is 5. The van der Waals surface area contributed by atoms with Crippen molar-refractivity contribution in [2.24, 2.45) is 0 Å². The van der Waals surface area contributed by atoms with Gasteiger partial charge in [0.15, 0.2) is 11.6 Å². The van der Waals surface area contributed by atoms with Gasteiger partial charge in [0.2, 0.25) is 0 Å². The molecule has 1 fully saturated rings. The van der Waals surface area contributed by atoms with Crippen molar-refractivity contribution in [3.05, 3.63) is 95.3 Å². The number of hydrogen-bond acceptors (Lipinski definition) is 6. The van der Waals surface area contributed by atoms with Crippen molar-refractivity contribution in [2.75, 3.05) is 45.1 Å². The zero-order valence-electron chi connectivity index (χ0n) is 23.8. The van der Waals surface area contributed by atoms with Crippen LogP contribution in [0.2, 0.25) is 5.15 Å². The standard InChI is InChI=1S/C33H31ClN8O/c1-41-16-18-42(19-17-41)15-13-21-7-10-23(11-8-21)36-33(43)25-4-2-6-27-29(25)40-32(38-27)31-37-26-12-9-22(20-28(26)39-31)24-5-3-14-35-30(24)34/h2-12,14,20H,13,15-19H2,1H3,(H,36,43)(H,37,39)(H,38,40). The highest BCUT2D eigenvalue weighted by molar-refractivity contribution is 6.32. The molecule has 0 saturated carbocycles. The third-order valence-electron chi connectivity index (χ3n) is 8.06. The minimum absolute atomic E-state index is 0.200. The smallest absolute Gasteiger partial charge is 0.257 e. The number of fused-ring (bicyclic) bond motifs is 2. The summed E-state index contributed by atoms with van der Waals surface area (Å²) >= 11 is 6.31. The average Bonchev–Trinajstić information content (AvgIpc) is 3.66. The Morgan fingerprint density at radius 1 is 0.907 bits per heavy atom. The van der Waals surface area contributed by atoms with Gasteiger partial charge in [-0.3, -0.25) is 4.79 Å². The first-order chi connectivity index (χ1) is 21.0. The first-order valence-electron chi connectivity index (χ1n) is 14.4. The van der Waals surface area contributed by atoms with Crippen molar-refractivity contribution in [1.82, 2.24) is 34.7 Å². The van der Waals surface area contributed by atoms with E-state index >= 15 is 0 Å². The highest BCUT2D eigenvalue weighted by Crippen LogP contribution is 2.30. The van der Waals surface area contributed by atoms with Gasteiger partial charge in [-0.2, -0.15) is 0 Å². The van der Waals surface area contributed by atoms with Gasteiger partial charge in [0.25, 0.3) is 5.91 Å². The first kappa shape index (κ1) is 27.3. The van der Waals surface area contributed by atoms with Crippen molar-refractivity contribution in [3.8, 4) is 22.8 Å². The Morgan fingerprint density at radius 3 is 2.51 bits per heavy atom. The fraction of sp³-hybridized carbons (Fsp3) is 0.212. The number of nitrogens with zero attached hydrogens (tertiary/aromatic N) is 5. The second kappa shape index (κ2) is 11.6. The van der Waals surface area contributed by atoms with Crippen LogP contribution in [0.4, 0.5) is 5.69 Å². The van der Waals surface area contributed by atoms with Gasteiger partial charge >= 0.3 is 0 Å². The number of aromatic amines is 2. The van der Waals surface area contributed by atoms with E-state index in [1.165, 1.54) is 5.56 Å². The Balaban J connectivity index is 1.07. The van der Waals surface area contributed by atoms with Crippen LogP contribution in [-0.2, 0) is 6.42 Å². The van der Waals surface area contributed by atoms with E-state index < -0.39 is 0 Å². The van der Waals surface area contributed by atoms with Gasteiger partial charge in [-0.1, -0.05) is 35.9 Å². The summed E-state index contributed by atoms with van der Waals surface area (Å²) in [5.74, 6) is 0.935. The maximum absolute atomic E-state index is 13.3. The van der Waals surface area contributed by atoms with E-state index in [1.54, 1.807) is 12.3 Å². The van der Waals surface area contributed by atoms with Crippen LogP contribution in [0.1, 0.15) is 15.9 Å². The van der Waals surface area contributed by atoms with E-state index in [0.717, 1.165) is 67.0 Å². The molecule has 1 aliphatic rings. The SMILES string of the molecule is CN1CCN(CCc2ccc(NC(=O)c3cccc4nc(-c5nc6ccc(-c7cccnc7Cl)cc6[nH]5)[nH]c34)cc2)CC1. The van der Waals surface area contributed by atoms with Gasteiger partial charge < -0.3 is 25.1 Å². The van der Waals surface area contributed by atoms with E-state index in [1.807, 2.05) is 54.6 Å². The number of likely N-dealkylation sites (N-methyl/N-ethyl adjacent to an activating group) is 1. The number of rotatable bonds is 7. The lowest BCUT2D eigenvalue weighted by molar-refractivity contribution is 0.102. The number of H-pyrrole nitrogens is 2. The van der Waals surface area contributed by atoms with Crippen LogP contribution in [0, 0.1) is 0 Å². The Hall–Kier alpha value is -4.57. The number of hydrogen-bond donors (Lipinski definition) is 3. The number of imidazole rings is 2. The summed E-state index contributed by atoms with van der Waals surface area (Å²) in [6, 6.07) is 23.3. The quantitative estimate of drug-likeness (QED) is 0.201. The second-order valence-electron chi connectivity index (χ2n) is 11.0. The van der Waals surface area contributed by atoms with Crippen LogP contribution in [0.15, 0.2) is 79.0 Å². The highest BCUT2D eigenvalue weighted by atomic mass is 35.5. The minimum Gasteiger partial charge on any atom is -0.335 e. The normalized spacial score (nSPS) is 14.5. The van der Waals surface area contributed by atoms with E-state index in [9.17, 15) is 4.79 Å².